The minimum absolute atomic E-state index is 0.0364. The van der Waals surface area contributed by atoms with Gasteiger partial charge in [-0.05, 0) is 50.8 Å². The highest BCUT2D eigenvalue weighted by Crippen LogP contribution is 2.40. The van der Waals surface area contributed by atoms with Crippen molar-refractivity contribution in [3.05, 3.63) is 41.8 Å². The van der Waals surface area contributed by atoms with Crippen LogP contribution in [0.2, 0.25) is 0 Å². The zero-order chi connectivity index (χ0) is 17.7. The summed E-state index contributed by atoms with van der Waals surface area (Å²) in [7, 11) is 0. The van der Waals surface area contributed by atoms with E-state index in [-0.39, 0.29) is 11.3 Å². The molecule has 0 unspecified atom stereocenters. The second-order valence-corrected chi connectivity index (χ2v) is 7.76. The summed E-state index contributed by atoms with van der Waals surface area (Å²) < 4.78 is 5.58. The maximum atomic E-state index is 13.0. The van der Waals surface area contributed by atoms with Gasteiger partial charge in [-0.2, -0.15) is 4.98 Å². The predicted molar refractivity (Wildman–Crippen MR) is 94.9 cm³/mol. The molecule has 1 aromatic carbocycles. The van der Waals surface area contributed by atoms with Crippen molar-refractivity contribution >= 4 is 16.9 Å². The van der Waals surface area contributed by atoms with E-state index in [9.17, 15) is 4.79 Å². The van der Waals surface area contributed by atoms with E-state index in [0.717, 1.165) is 49.1 Å². The maximum absolute atomic E-state index is 13.0. The topological polar surface area (TPSA) is 87.9 Å². The van der Waals surface area contributed by atoms with E-state index in [2.05, 4.69) is 27.0 Å². The number of nitrogens with one attached hydrogen (secondary N) is 1. The van der Waals surface area contributed by atoms with Gasteiger partial charge in [0, 0.05) is 24.6 Å². The van der Waals surface area contributed by atoms with Gasteiger partial charge >= 0.3 is 0 Å². The molecule has 1 atom stereocenters. The van der Waals surface area contributed by atoms with Crippen molar-refractivity contribution in [3.63, 3.8) is 0 Å². The number of nitrogens with zero attached hydrogens (tertiary/aromatic N) is 4. The van der Waals surface area contributed by atoms with Crippen LogP contribution in [-0.4, -0.2) is 44.0 Å². The lowest BCUT2D eigenvalue weighted by Gasteiger charge is -2.38. The third-order valence-corrected chi connectivity index (χ3v) is 5.55. The summed E-state index contributed by atoms with van der Waals surface area (Å²) in [5, 5.41) is 4.15. The number of rotatable bonds is 3. The van der Waals surface area contributed by atoms with Crippen LogP contribution in [0.15, 0.2) is 29.0 Å². The summed E-state index contributed by atoms with van der Waals surface area (Å²) in [6.07, 6.45) is 5.81. The zero-order valence-electron chi connectivity index (χ0n) is 14.7. The lowest BCUT2D eigenvalue weighted by atomic mass is 9.81. The van der Waals surface area contributed by atoms with Crippen LogP contribution in [0.4, 0.5) is 0 Å². The molecule has 0 spiro atoms. The molecule has 1 saturated heterocycles. The summed E-state index contributed by atoms with van der Waals surface area (Å²) in [5.41, 5.74) is 2.13. The van der Waals surface area contributed by atoms with Crippen LogP contribution >= 0.6 is 0 Å². The Morgan fingerprint density at radius 3 is 3.12 bits per heavy atom. The van der Waals surface area contributed by atoms with Crippen LogP contribution in [0, 0.1) is 0 Å². The van der Waals surface area contributed by atoms with Crippen LogP contribution in [0.25, 0.3) is 11.0 Å². The summed E-state index contributed by atoms with van der Waals surface area (Å²) in [4.78, 5) is 26.8. The maximum Gasteiger partial charge on any atom is 0.253 e. The van der Waals surface area contributed by atoms with Crippen molar-refractivity contribution in [2.75, 3.05) is 13.1 Å². The number of aromatic nitrogens is 4. The van der Waals surface area contributed by atoms with Crippen LogP contribution in [0.5, 0.6) is 0 Å². The Balaban J connectivity index is 1.39. The van der Waals surface area contributed by atoms with Crippen molar-refractivity contribution in [2.45, 2.75) is 43.9 Å². The molecule has 3 heterocycles. The van der Waals surface area contributed by atoms with E-state index < -0.39 is 0 Å². The first-order valence-electron chi connectivity index (χ1n) is 9.19. The largest absolute Gasteiger partial charge is 0.345 e. The fourth-order valence-electron chi connectivity index (χ4n) is 3.83. The van der Waals surface area contributed by atoms with Gasteiger partial charge in [0.25, 0.3) is 5.91 Å². The molecule has 1 saturated carbocycles. The lowest BCUT2D eigenvalue weighted by Crippen LogP contribution is -2.47. The highest BCUT2D eigenvalue weighted by molar-refractivity contribution is 5.97. The molecule has 7 nitrogen and oxygen atoms in total. The fourth-order valence-corrected chi connectivity index (χ4v) is 3.83. The molecule has 1 N–H and O–H groups in total. The van der Waals surface area contributed by atoms with Crippen molar-refractivity contribution in [1.82, 2.24) is 25.0 Å². The van der Waals surface area contributed by atoms with Gasteiger partial charge in [0.05, 0.1) is 22.8 Å². The highest BCUT2D eigenvalue weighted by Gasteiger charge is 2.40. The average molecular weight is 351 g/mol. The van der Waals surface area contributed by atoms with E-state index in [4.69, 9.17) is 4.52 Å². The minimum atomic E-state index is -0.286. The molecule has 1 amide bonds. The van der Waals surface area contributed by atoms with E-state index in [1.54, 1.807) is 6.33 Å². The number of benzene rings is 1. The van der Waals surface area contributed by atoms with Crippen molar-refractivity contribution in [3.8, 4) is 0 Å². The first-order valence-corrected chi connectivity index (χ1v) is 9.19. The third kappa shape index (κ3) is 2.58. The van der Waals surface area contributed by atoms with Crippen molar-refractivity contribution < 1.29 is 9.32 Å². The molecular formula is C19H21N5O2. The number of carbonyl (C=O) groups is 1. The Kier molecular flexibility index (Phi) is 3.38. The van der Waals surface area contributed by atoms with E-state index in [1.165, 1.54) is 0 Å². The van der Waals surface area contributed by atoms with Gasteiger partial charge in [0.1, 0.15) is 0 Å². The van der Waals surface area contributed by atoms with Gasteiger partial charge < -0.3 is 14.4 Å². The number of hydrogen-bond acceptors (Lipinski definition) is 5. The molecule has 2 fully saturated rings. The molecule has 3 aromatic rings. The van der Waals surface area contributed by atoms with E-state index >= 15 is 0 Å². The number of amides is 1. The molecule has 7 heteroatoms. The average Bonchev–Trinajstić information content (AvgIpc) is 3.19. The second-order valence-electron chi connectivity index (χ2n) is 7.76. The van der Waals surface area contributed by atoms with Gasteiger partial charge in [-0.25, -0.2) is 4.98 Å². The molecule has 1 aliphatic carbocycles. The van der Waals surface area contributed by atoms with Crippen molar-refractivity contribution in [2.24, 2.45) is 0 Å². The summed E-state index contributed by atoms with van der Waals surface area (Å²) in [5.74, 6) is 2.00. The van der Waals surface area contributed by atoms with E-state index in [1.807, 2.05) is 23.1 Å². The Morgan fingerprint density at radius 2 is 2.27 bits per heavy atom. The number of aromatic amines is 1. The van der Waals surface area contributed by atoms with Gasteiger partial charge in [-0.1, -0.05) is 5.16 Å². The van der Waals surface area contributed by atoms with Gasteiger partial charge in [0.2, 0.25) is 5.89 Å². The molecular weight excluding hydrogens is 330 g/mol. The quantitative estimate of drug-likeness (QED) is 0.784. The predicted octanol–water partition coefficient (Wildman–Crippen LogP) is 3.02. The van der Waals surface area contributed by atoms with Crippen LogP contribution < -0.4 is 0 Å². The molecule has 2 aliphatic rings. The van der Waals surface area contributed by atoms with Crippen molar-refractivity contribution in [1.29, 1.82) is 0 Å². The smallest absolute Gasteiger partial charge is 0.253 e. The second kappa shape index (κ2) is 5.65. The Labute approximate surface area is 150 Å². The van der Waals surface area contributed by atoms with Gasteiger partial charge in [0.15, 0.2) is 5.82 Å². The lowest BCUT2D eigenvalue weighted by molar-refractivity contribution is 0.0620. The van der Waals surface area contributed by atoms with Crippen LogP contribution in [0.1, 0.15) is 60.6 Å². The van der Waals surface area contributed by atoms with Crippen LogP contribution in [-0.2, 0) is 5.41 Å². The number of carbonyl (C=O) groups excluding carboxylic acids is 1. The number of piperidine rings is 1. The summed E-state index contributed by atoms with van der Waals surface area (Å²) >= 11 is 0. The number of fused-ring (bicyclic) bond motifs is 1. The number of H-pyrrole nitrogens is 1. The molecule has 134 valence electrons. The van der Waals surface area contributed by atoms with Crippen LogP contribution in [0.3, 0.4) is 0 Å². The number of hydrogen-bond donors (Lipinski definition) is 1. The Bertz CT molecular complexity index is 973. The van der Waals surface area contributed by atoms with E-state index in [0.29, 0.717) is 23.9 Å². The SMILES string of the molecule is C[C@]1(c2nc(C3CC3)no2)CCCN(C(=O)c2ccc3nc[nH]c3c2)C1. The first kappa shape index (κ1) is 15.5. The number of likely N-dealkylation sites (tertiary alicyclic amines) is 1. The monoisotopic (exact) mass is 351 g/mol. The Hall–Kier alpha value is -2.70. The first-order chi connectivity index (χ1) is 12.6. The molecule has 26 heavy (non-hydrogen) atoms. The normalized spacial score (nSPS) is 23.5. The summed E-state index contributed by atoms with van der Waals surface area (Å²) in [6.45, 7) is 3.47. The molecule has 0 radical (unpaired) electrons. The zero-order valence-corrected chi connectivity index (χ0v) is 14.7. The number of imidazole rings is 1. The standard InChI is InChI=1S/C19H21N5O2/c1-19(18-22-16(23-26-18)12-3-4-12)7-2-8-24(10-19)17(25)13-5-6-14-15(9-13)21-11-20-14/h5-6,9,11-12H,2-4,7-8,10H2,1H3,(H,20,21)/t19-/m0/s1. The minimum Gasteiger partial charge on any atom is -0.345 e. The fraction of sp³-hybridized carbons (Fsp3) is 0.474. The molecule has 1 aliphatic heterocycles. The molecule has 0 bridgehead atoms. The third-order valence-electron chi connectivity index (χ3n) is 5.55. The molecule has 5 rings (SSSR count). The Morgan fingerprint density at radius 1 is 1.38 bits per heavy atom. The molecule has 2 aromatic heterocycles. The van der Waals surface area contributed by atoms with Gasteiger partial charge in [-0.3, -0.25) is 4.79 Å². The van der Waals surface area contributed by atoms with Gasteiger partial charge in [-0.15, -0.1) is 0 Å². The summed E-state index contributed by atoms with van der Waals surface area (Å²) in [6, 6.07) is 5.59. The highest BCUT2D eigenvalue weighted by atomic mass is 16.5.